The van der Waals surface area contributed by atoms with E-state index in [4.69, 9.17) is 11.6 Å². The molecule has 4 rings (SSSR count). The van der Waals surface area contributed by atoms with Gasteiger partial charge in [-0.1, -0.05) is 71.8 Å². The van der Waals surface area contributed by atoms with Crippen LogP contribution in [0, 0.1) is 13.8 Å². The van der Waals surface area contributed by atoms with Crippen LogP contribution in [-0.4, -0.2) is 11.8 Å². The molecule has 35 heavy (non-hydrogen) atoms. The van der Waals surface area contributed by atoms with Gasteiger partial charge in [-0.25, -0.2) is 0 Å². The summed E-state index contributed by atoms with van der Waals surface area (Å²) in [5, 5.41) is 6.07. The number of benzene rings is 4. The average Bonchev–Trinajstić information content (AvgIpc) is 2.86. The number of anilines is 2. The minimum absolute atomic E-state index is 0.152. The van der Waals surface area contributed by atoms with Gasteiger partial charge in [-0.05, 0) is 67.4 Å². The normalized spacial score (nSPS) is 11.5. The SMILES string of the molecule is Cc1ccc(C(=O)Nc2cccc(SC(C(=O)Nc3cccc(Cl)c3C)c3ccccc3)c2)cc1. The van der Waals surface area contributed by atoms with Crippen molar-refractivity contribution in [2.24, 2.45) is 0 Å². The van der Waals surface area contributed by atoms with Gasteiger partial charge in [0.1, 0.15) is 5.25 Å². The summed E-state index contributed by atoms with van der Waals surface area (Å²) >= 11 is 7.67. The Balaban J connectivity index is 1.55. The first-order valence-corrected chi connectivity index (χ1v) is 12.4. The molecule has 0 aliphatic rings. The lowest BCUT2D eigenvalue weighted by molar-refractivity contribution is -0.115. The highest BCUT2D eigenvalue weighted by molar-refractivity contribution is 8.00. The lowest BCUT2D eigenvalue weighted by Crippen LogP contribution is -2.19. The van der Waals surface area contributed by atoms with E-state index in [1.165, 1.54) is 11.8 Å². The number of aryl methyl sites for hydroxylation is 1. The van der Waals surface area contributed by atoms with E-state index in [2.05, 4.69) is 10.6 Å². The monoisotopic (exact) mass is 500 g/mol. The summed E-state index contributed by atoms with van der Waals surface area (Å²) in [5.74, 6) is -0.332. The molecule has 0 bridgehead atoms. The summed E-state index contributed by atoms with van der Waals surface area (Å²) in [7, 11) is 0. The van der Waals surface area contributed by atoms with Crippen molar-refractivity contribution in [1.29, 1.82) is 0 Å². The van der Waals surface area contributed by atoms with E-state index >= 15 is 0 Å². The number of hydrogen-bond donors (Lipinski definition) is 2. The van der Waals surface area contributed by atoms with Gasteiger partial charge in [-0.2, -0.15) is 0 Å². The predicted octanol–water partition coefficient (Wildman–Crippen LogP) is 7.68. The summed E-state index contributed by atoms with van der Waals surface area (Å²) in [4.78, 5) is 26.9. The van der Waals surface area contributed by atoms with E-state index in [-0.39, 0.29) is 11.8 Å². The highest BCUT2D eigenvalue weighted by Crippen LogP contribution is 2.37. The van der Waals surface area contributed by atoms with E-state index in [1.54, 1.807) is 18.2 Å². The van der Waals surface area contributed by atoms with Gasteiger partial charge in [-0.15, -0.1) is 11.8 Å². The second-order valence-electron chi connectivity index (χ2n) is 8.16. The third kappa shape index (κ3) is 6.32. The number of amides is 2. The maximum Gasteiger partial charge on any atom is 0.255 e. The van der Waals surface area contributed by atoms with Gasteiger partial charge in [0.25, 0.3) is 5.91 Å². The van der Waals surface area contributed by atoms with Crippen molar-refractivity contribution in [3.05, 3.63) is 124 Å². The number of thioether (sulfide) groups is 1. The Morgan fingerprint density at radius 1 is 0.800 bits per heavy atom. The fourth-order valence-corrected chi connectivity index (χ4v) is 4.79. The highest BCUT2D eigenvalue weighted by atomic mass is 35.5. The van der Waals surface area contributed by atoms with E-state index in [9.17, 15) is 9.59 Å². The van der Waals surface area contributed by atoms with Gasteiger partial charge < -0.3 is 10.6 Å². The number of carbonyl (C=O) groups excluding carboxylic acids is 2. The van der Waals surface area contributed by atoms with E-state index in [0.717, 1.165) is 21.6 Å². The van der Waals surface area contributed by atoms with Crippen LogP contribution in [0.1, 0.15) is 32.3 Å². The van der Waals surface area contributed by atoms with Gasteiger partial charge in [0.2, 0.25) is 5.91 Å². The van der Waals surface area contributed by atoms with Crippen molar-refractivity contribution in [2.45, 2.75) is 24.0 Å². The van der Waals surface area contributed by atoms with Crippen LogP contribution in [0.4, 0.5) is 11.4 Å². The minimum atomic E-state index is -0.502. The van der Waals surface area contributed by atoms with Crippen LogP contribution in [0.15, 0.2) is 102 Å². The lowest BCUT2D eigenvalue weighted by atomic mass is 10.1. The van der Waals surface area contributed by atoms with E-state index in [0.29, 0.717) is 22.0 Å². The topological polar surface area (TPSA) is 58.2 Å². The molecule has 0 spiro atoms. The van der Waals surface area contributed by atoms with Crippen LogP contribution in [0.2, 0.25) is 5.02 Å². The molecule has 0 fully saturated rings. The van der Waals surface area contributed by atoms with Crippen LogP contribution in [-0.2, 0) is 4.79 Å². The quantitative estimate of drug-likeness (QED) is 0.256. The minimum Gasteiger partial charge on any atom is -0.325 e. The first-order valence-electron chi connectivity index (χ1n) is 11.2. The summed E-state index contributed by atoms with van der Waals surface area (Å²) in [6.45, 7) is 3.86. The number of halogens is 1. The molecule has 0 aliphatic carbocycles. The van der Waals surface area contributed by atoms with Crippen LogP contribution < -0.4 is 10.6 Å². The van der Waals surface area contributed by atoms with Crippen molar-refractivity contribution in [2.75, 3.05) is 10.6 Å². The fraction of sp³-hybridized carbons (Fsp3) is 0.103. The second-order valence-corrected chi connectivity index (χ2v) is 9.74. The zero-order chi connectivity index (χ0) is 24.8. The summed E-state index contributed by atoms with van der Waals surface area (Å²) in [5.41, 5.74) is 4.73. The maximum absolute atomic E-state index is 13.4. The Morgan fingerprint density at radius 3 is 2.26 bits per heavy atom. The molecule has 2 N–H and O–H groups in total. The Hall–Kier alpha value is -3.54. The average molecular weight is 501 g/mol. The van der Waals surface area contributed by atoms with E-state index in [1.807, 2.05) is 92.7 Å². The van der Waals surface area contributed by atoms with Crippen LogP contribution in [0.25, 0.3) is 0 Å². The fourth-order valence-electron chi connectivity index (χ4n) is 3.53. The summed E-state index contributed by atoms with van der Waals surface area (Å²) in [6, 6.07) is 30.0. The zero-order valence-corrected chi connectivity index (χ0v) is 21.0. The van der Waals surface area contributed by atoms with Crippen molar-refractivity contribution in [3.8, 4) is 0 Å². The molecule has 0 aromatic heterocycles. The van der Waals surface area contributed by atoms with Gasteiger partial charge in [0.05, 0.1) is 0 Å². The van der Waals surface area contributed by atoms with Gasteiger partial charge in [0.15, 0.2) is 0 Å². The second kappa shape index (κ2) is 11.3. The lowest BCUT2D eigenvalue weighted by Gasteiger charge is -2.19. The molecule has 6 heteroatoms. The molecular weight excluding hydrogens is 476 g/mol. The first-order chi connectivity index (χ1) is 16.9. The molecule has 176 valence electrons. The Morgan fingerprint density at radius 2 is 1.51 bits per heavy atom. The number of rotatable bonds is 7. The van der Waals surface area contributed by atoms with Crippen molar-refractivity contribution in [1.82, 2.24) is 0 Å². The molecule has 0 saturated carbocycles. The number of nitrogens with one attached hydrogen (secondary N) is 2. The number of hydrogen-bond acceptors (Lipinski definition) is 3. The molecular formula is C29H25ClN2O2S. The van der Waals surface area contributed by atoms with Gasteiger partial charge in [0, 0.05) is 26.9 Å². The first kappa shape index (κ1) is 24.6. The van der Waals surface area contributed by atoms with Crippen LogP contribution in [0.3, 0.4) is 0 Å². The molecule has 2 amide bonds. The maximum atomic E-state index is 13.4. The molecule has 1 unspecified atom stereocenters. The summed E-state index contributed by atoms with van der Waals surface area (Å²) in [6.07, 6.45) is 0. The smallest absolute Gasteiger partial charge is 0.255 e. The standard InChI is InChI=1S/C29H25ClN2O2S/c1-19-14-16-22(17-15-19)28(33)31-23-10-6-11-24(18-23)35-27(21-8-4-3-5-9-21)29(34)32-26-13-7-12-25(30)20(26)2/h3-18,27H,1-2H3,(H,31,33)(H,32,34). The largest absolute Gasteiger partial charge is 0.325 e. The molecule has 0 heterocycles. The zero-order valence-electron chi connectivity index (χ0n) is 19.4. The van der Waals surface area contributed by atoms with Crippen molar-refractivity contribution >= 4 is 46.6 Å². The Labute approximate surface area is 214 Å². The third-order valence-electron chi connectivity index (χ3n) is 5.53. The highest BCUT2D eigenvalue weighted by Gasteiger charge is 2.23. The van der Waals surface area contributed by atoms with Crippen LogP contribution >= 0.6 is 23.4 Å². The summed E-state index contributed by atoms with van der Waals surface area (Å²) < 4.78 is 0. The molecule has 0 radical (unpaired) electrons. The van der Waals surface area contributed by atoms with Crippen molar-refractivity contribution in [3.63, 3.8) is 0 Å². The van der Waals surface area contributed by atoms with Crippen molar-refractivity contribution < 1.29 is 9.59 Å². The molecule has 4 nitrogen and oxygen atoms in total. The number of carbonyl (C=O) groups is 2. The Kier molecular flexibility index (Phi) is 7.91. The molecule has 4 aromatic rings. The molecule has 4 aromatic carbocycles. The molecule has 1 atom stereocenters. The third-order valence-corrected chi connectivity index (χ3v) is 7.18. The predicted molar refractivity (Wildman–Crippen MR) is 145 cm³/mol. The van der Waals surface area contributed by atoms with Crippen LogP contribution in [0.5, 0.6) is 0 Å². The van der Waals surface area contributed by atoms with Gasteiger partial charge in [-0.3, -0.25) is 9.59 Å². The molecule has 0 aliphatic heterocycles. The molecule has 0 saturated heterocycles. The van der Waals surface area contributed by atoms with Gasteiger partial charge >= 0.3 is 0 Å². The van der Waals surface area contributed by atoms with E-state index < -0.39 is 5.25 Å². The Bertz CT molecular complexity index is 1340.